The Morgan fingerprint density at radius 3 is 2.52 bits per heavy atom. The summed E-state index contributed by atoms with van der Waals surface area (Å²) >= 11 is 0. The van der Waals surface area contributed by atoms with Crippen LogP contribution in [-0.4, -0.2) is 10.1 Å². The Hall–Kier alpha value is -3.33. The number of rotatable bonds is 2. The predicted molar refractivity (Wildman–Crippen MR) is 97.3 cm³/mol. The normalized spacial score (nSPS) is 12.0. The van der Waals surface area contributed by atoms with E-state index in [0.717, 1.165) is 34.7 Å². The number of phenols is 1. The lowest BCUT2D eigenvalue weighted by Crippen LogP contribution is -1.94. The summed E-state index contributed by atoms with van der Waals surface area (Å²) < 4.78 is 5.57. The van der Waals surface area contributed by atoms with E-state index in [9.17, 15) is 5.11 Å². The zero-order chi connectivity index (χ0) is 16.8. The molecule has 0 saturated carbocycles. The number of fused-ring (bicyclic) bond motifs is 3. The molecule has 0 aliphatic heterocycles. The molecule has 1 aliphatic carbocycles. The lowest BCUT2D eigenvalue weighted by atomic mass is 9.97. The molecule has 3 nitrogen and oxygen atoms in total. The van der Waals surface area contributed by atoms with Crippen molar-refractivity contribution >= 4 is 0 Å². The summed E-state index contributed by atoms with van der Waals surface area (Å²) in [5.41, 5.74) is 7.75. The number of phenolic OH excluding ortho intramolecular Hbond substituents is 1. The SMILES string of the molecule is Oc1ccc(-c2cc(-c3ccco3)nc3c2Cc2ccccc2-3)cc1. The summed E-state index contributed by atoms with van der Waals surface area (Å²) in [5.74, 6) is 1.02. The van der Waals surface area contributed by atoms with Crippen LogP contribution in [0.2, 0.25) is 0 Å². The van der Waals surface area contributed by atoms with E-state index < -0.39 is 0 Å². The first-order valence-corrected chi connectivity index (χ1v) is 8.25. The molecule has 0 saturated heterocycles. The van der Waals surface area contributed by atoms with Crippen molar-refractivity contribution in [1.29, 1.82) is 0 Å². The van der Waals surface area contributed by atoms with Crippen LogP contribution >= 0.6 is 0 Å². The van der Waals surface area contributed by atoms with Crippen LogP contribution in [0.5, 0.6) is 5.75 Å². The van der Waals surface area contributed by atoms with Crippen LogP contribution in [0.15, 0.2) is 77.4 Å². The Morgan fingerprint density at radius 1 is 0.880 bits per heavy atom. The number of hydrogen-bond acceptors (Lipinski definition) is 3. The molecule has 0 fully saturated rings. The molecule has 2 aromatic heterocycles. The summed E-state index contributed by atoms with van der Waals surface area (Å²) in [6.45, 7) is 0. The van der Waals surface area contributed by atoms with Gasteiger partial charge in [-0.2, -0.15) is 0 Å². The second kappa shape index (κ2) is 5.35. The maximum absolute atomic E-state index is 9.62. The third-order valence-corrected chi connectivity index (χ3v) is 4.72. The summed E-state index contributed by atoms with van der Waals surface area (Å²) in [6.07, 6.45) is 2.53. The molecule has 0 spiro atoms. The summed E-state index contributed by atoms with van der Waals surface area (Å²) in [7, 11) is 0. The van der Waals surface area contributed by atoms with Crippen molar-refractivity contribution in [3.63, 3.8) is 0 Å². The number of pyridine rings is 1. The minimum absolute atomic E-state index is 0.268. The van der Waals surface area contributed by atoms with Gasteiger partial charge in [0.2, 0.25) is 0 Å². The van der Waals surface area contributed by atoms with Crippen LogP contribution in [0.1, 0.15) is 11.1 Å². The maximum Gasteiger partial charge on any atom is 0.152 e. The van der Waals surface area contributed by atoms with Crippen molar-refractivity contribution in [1.82, 2.24) is 4.98 Å². The highest BCUT2D eigenvalue weighted by Crippen LogP contribution is 2.42. The van der Waals surface area contributed by atoms with Gasteiger partial charge in [-0.1, -0.05) is 36.4 Å². The minimum Gasteiger partial charge on any atom is -0.508 e. The van der Waals surface area contributed by atoms with E-state index in [1.807, 2.05) is 24.3 Å². The highest BCUT2D eigenvalue weighted by Gasteiger charge is 2.24. The van der Waals surface area contributed by atoms with E-state index in [2.05, 4.69) is 30.3 Å². The van der Waals surface area contributed by atoms with E-state index in [-0.39, 0.29) is 5.75 Å². The second-order valence-electron chi connectivity index (χ2n) is 6.24. The van der Waals surface area contributed by atoms with Gasteiger partial charge in [0, 0.05) is 12.0 Å². The molecule has 3 heteroatoms. The van der Waals surface area contributed by atoms with Crippen molar-refractivity contribution < 1.29 is 9.52 Å². The maximum atomic E-state index is 9.62. The van der Waals surface area contributed by atoms with E-state index in [4.69, 9.17) is 9.40 Å². The average Bonchev–Trinajstić information content (AvgIpc) is 3.29. The smallest absolute Gasteiger partial charge is 0.152 e. The van der Waals surface area contributed by atoms with Gasteiger partial charge in [-0.25, -0.2) is 4.98 Å². The van der Waals surface area contributed by atoms with Gasteiger partial charge >= 0.3 is 0 Å². The Balaban J connectivity index is 1.79. The molecule has 0 amide bonds. The van der Waals surface area contributed by atoms with Crippen LogP contribution in [0.3, 0.4) is 0 Å². The van der Waals surface area contributed by atoms with Crippen molar-refractivity contribution in [2.75, 3.05) is 0 Å². The third-order valence-electron chi connectivity index (χ3n) is 4.72. The highest BCUT2D eigenvalue weighted by atomic mass is 16.3. The molecular formula is C22H15NO2. The first-order chi connectivity index (χ1) is 12.3. The Kier molecular flexibility index (Phi) is 3.01. The fourth-order valence-corrected chi connectivity index (χ4v) is 3.52. The Labute approximate surface area is 145 Å². The first-order valence-electron chi connectivity index (χ1n) is 8.25. The summed E-state index contributed by atoms with van der Waals surface area (Å²) in [6, 6.07) is 21.6. The van der Waals surface area contributed by atoms with Gasteiger partial charge in [0.05, 0.1) is 12.0 Å². The van der Waals surface area contributed by atoms with Gasteiger partial charge in [0.1, 0.15) is 11.4 Å². The fraction of sp³-hybridized carbons (Fsp3) is 0.0455. The largest absolute Gasteiger partial charge is 0.508 e. The van der Waals surface area contributed by atoms with Crippen LogP contribution in [0.4, 0.5) is 0 Å². The number of aromatic nitrogens is 1. The van der Waals surface area contributed by atoms with Gasteiger partial charge < -0.3 is 9.52 Å². The van der Waals surface area contributed by atoms with E-state index in [1.165, 1.54) is 16.7 Å². The lowest BCUT2D eigenvalue weighted by Gasteiger charge is -2.11. The molecular weight excluding hydrogens is 310 g/mol. The summed E-state index contributed by atoms with van der Waals surface area (Å²) in [5, 5.41) is 9.62. The van der Waals surface area contributed by atoms with Crippen LogP contribution in [0.25, 0.3) is 33.8 Å². The molecule has 1 N–H and O–H groups in total. The van der Waals surface area contributed by atoms with Crippen molar-refractivity contribution in [2.24, 2.45) is 0 Å². The number of hydrogen-bond donors (Lipinski definition) is 1. The van der Waals surface area contributed by atoms with Crippen molar-refractivity contribution in [3.8, 4) is 39.6 Å². The molecule has 5 rings (SSSR count). The topological polar surface area (TPSA) is 46.3 Å². The summed E-state index contributed by atoms with van der Waals surface area (Å²) in [4.78, 5) is 4.90. The van der Waals surface area contributed by atoms with Crippen molar-refractivity contribution in [2.45, 2.75) is 6.42 Å². The lowest BCUT2D eigenvalue weighted by molar-refractivity contribution is 0.475. The molecule has 0 atom stereocenters. The molecule has 0 unspecified atom stereocenters. The minimum atomic E-state index is 0.268. The molecule has 1 aliphatic rings. The Morgan fingerprint density at radius 2 is 1.72 bits per heavy atom. The zero-order valence-electron chi connectivity index (χ0n) is 13.4. The van der Waals surface area contributed by atoms with Gasteiger partial charge in [0.15, 0.2) is 5.76 Å². The number of aromatic hydroxyl groups is 1. The van der Waals surface area contributed by atoms with Gasteiger partial charge in [-0.05, 0) is 52.6 Å². The van der Waals surface area contributed by atoms with Gasteiger partial charge in [0.25, 0.3) is 0 Å². The molecule has 0 radical (unpaired) electrons. The number of furan rings is 1. The molecule has 0 bridgehead atoms. The number of nitrogens with zero attached hydrogens (tertiary/aromatic N) is 1. The second-order valence-corrected chi connectivity index (χ2v) is 6.24. The fourth-order valence-electron chi connectivity index (χ4n) is 3.52. The monoisotopic (exact) mass is 325 g/mol. The molecule has 25 heavy (non-hydrogen) atoms. The van der Waals surface area contributed by atoms with Crippen LogP contribution < -0.4 is 0 Å². The van der Waals surface area contributed by atoms with Gasteiger partial charge in [-0.3, -0.25) is 0 Å². The van der Waals surface area contributed by atoms with Crippen LogP contribution in [-0.2, 0) is 6.42 Å². The van der Waals surface area contributed by atoms with Gasteiger partial charge in [-0.15, -0.1) is 0 Å². The van der Waals surface area contributed by atoms with Crippen LogP contribution in [0, 0.1) is 0 Å². The first kappa shape index (κ1) is 14.1. The third kappa shape index (κ3) is 2.24. The molecule has 2 heterocycles. The average molecular weight is 325 g/mol. The standard InChI is InChI=1S/C22H15NO2/c24-16-9-7-14(8-10-16)18-13-20(21-6-3-11-25-21)23-22-17-5-2-1-4-15(17)12-19(18)22/h1-11,13,24H,12H2. The van der Waals surface area contributed by atoms with E-state index in [1.54, 1.807) is 18.4 Å². The van der Waals surface area contributed by atoms with E-state index in [0.29, 0.717) is 0 Å². The zero-order valence-corrected chi connectivity index (χ0v) is 13.4. The molecule has 120 valence electrons. The predicted octanol–water partition coefficient (Wildman–Crippen LogP) is 5.29. The molecule has 2 aromatic carbocycles. The number of benzene rings is 2. The molecule has 4 aromatic rings. The highest BCUT2D eigenvalue weighted by molar-refractivity contribution is 5.85. The quantitative estimate of drug-likeness (QED) is 0.480. The van der Waals surface area contributed by atoms with Crippen molar-refractivity contribution in [3.05, 3.63) is 84.1 Å². The Bertz CT molecular complexity index is 1060. The van der Waals surface area contributed by atoms with E-state index >= 15 is 0 Å².